The van der Waals surface area contributed by atoms with Gasteiger partial charge in [-0.05, 0) is 20.8 Å². The first-order valence-electron chi connectivity index (χ1n) is 2.44. The van der Waals surface area contributed by atoms with Crippen LogP contribution < -0.4 is 0 Å². The van der Waals surface area contributed by atoms with Crippen LogP contribution in [0.3, 0.4) is 0 Å². The van der Waals surface area contributed by atoms with Gasteiger partial charge in [-0.25, -0.2) is 0 Å². The Morgan fingerprint density at radius 1 is 1.43 bits per heavy atom. The Balaban J connectivity index is 0. The van der Waals surface area contributed by atoms with Gasteiger partial charge >= 0.3 is 0 Å². The van der Waals surface area contributed by atoms with Crippen molar-refractivity contribution in [2.75, 3.05) is 6.61 Å². The van der Waals surface area contributed by atoms with Crippen molar-refractivity contribution in [3.8, 4) is 0 Å². The molecule has 0 bridgehead atoms. The summed E-state index contributed by atoms with van der Waals surface area (Å²) in [5.41, 5.74) is 0. The molecule has 0 unspecified atom stereocenters. The highest BCUT2D eigenvalue weighted by atomic mass is 16.3. The molecule has 0 aromatic rings. The molecular weight excluding hydrogens is 92.1 g/mol. The maximum atomic E-state index is 8.06. The highest BCUT2D eigenvalue weighted by Crippen LogP contribution is 1.65. The zero-order chi connectivity index (χ0) is 6.28. The minimum Gasteiger partial charge on any atom is -0.397 e. The van der Waals surface area contributed by atoms with Gasteiger partial charge in [-0.3, -0.25) is 0 Å². The second-order valence-electron chi connectivity index (χ2n) is 1.41. The van der Waals surface area contributed by atoms with Gasteiger partial charge in [0.2, 0.25) is 0 Å². The number of aliphatic hydroxyl groups excluding tert-OH is 2. The second-order valence-corrected chi connectivity index (χ2v) is 1.41. The van der Waals surface area contributed by atoms with E-state index in [-0.39, 0.29) is 12.7 Å². The Kier molecular flexibility index (Phi) is 13.3. The summed E-state index contributed by atoms with van der Waals surface area (Å²) in [7, 11) is 0. The topological polar surface area (TPSA) is 40.5 Å². The lowest BCUT2D eigenvalue weighted by Crippen LogP contribution is -1.85. The van der Waals surface area contributed by atoms with Gasteiger partial charge in [0, 0.05) is 12.7 Å². The summed E-state index contributed by atoms with van der Waals surface area (Å²) in [5.74, 6) is 0. The van der Waals surface area contributed by atoms with Crippen molar-refractivity contribution in [3.05, 3.63) is 0 Å². The molecule has 0 amide bonds. The minimum atomic E-state index is -0.167. The normalized spacial score (nSPS) is 7.71. The van der Waals surface area contributed by atoms with Gasteiger partial charge in [-0.1, -0.05) is 0 Å². The maximum absolute atomic E-state index is 8.06. The third-order valence-corrected chi connectivity index (χ3v) is 0. The molecule has 2 N–H and O–H groups in total. The van der Waals surface area contributed by atoms with E-state index in [4.69, 9.17) is 10.2 Å². The van der Waals surface area contributed by atoms with Crippen LogP contribution in [0.1, 0.15) is 20.8 Å². The molecule has 0 rings (SSSR count). The van der Waals surface area contributed by atoms with Crippen molar-refractivity contribution in [1.82, 2.24) is 0 Å². The maximum Gasteiger partial charge on any atom is 0.0483 e. The number of aliphatic hydroxyl groups is 2. The van der Waals surface area contributed by atoms with Gasteiger partial charge in [0.1, 0.15) is 0 Å². The lowest BCUT2D eigenvalue weighted by atomic mass is 10.5. The smallest absolute Gasteiger partial charge is 0.0483 e. The van der Waals surface area contributed by atoms with Crippen LogP contribution in [0.25, 0.3) is 0 Å². The van der Waals surface area contributed by atoms with Crippen molar-refractivity contribution < 1.29 is 10.2 Å². The average molecular weight is 106 g/mol. The molecule has 0 saturated carbocycles. The van der Waals surface area contributed by atoms with Crippen LogP contribution in [-0.2, 0) is 0 Å². The standard InChI is InChI=1S/C3H8O.C2H6O/c1-3(2)4;1-2-3/h3-4H,1-2H3;3H,2H2,1H3. The molecule has 0 spiro atoms. The van der Waals surface area contributed by atoms with E-state index in [9.17, 15) is 0 Å². The van der Waals surface area contributed by atoms with E-state index in [1.54, 1.807) is 20.8 Å². The molecule has 0 heterocycles. The highest BCUT2D eigenvalue weighted by molar-refractivity contribution is 4.20. The molecule has 0 aliphatic carbocycles. The van der Waals surface area contributed by atoms with Crippen molar-refractivity contribution in [2.24, 2.45) is 0 Å². The molecule has 0 atom stereocenters. The summed E-state index contributed by atoms with van der Waals surface area (Å²) in [6, 6.07) is 0. The van der Waals surface area contributed by atoms with Crippen LogP contribution in [0.2, 0.25) is 0 Å². The SMILES string of the molecule is CC(C)O.CCO. The molecule has 0 aromatic carbocycles. The fourth-order valence-electron chi connectivity index (χ4n) is 0. The molecule has 2 nitrogen and oxygen atoms in total. The third-order valence-electron chi connectivity index (χ3n) is 0. The van der Waals surface area contributed by atoms with E-state index in [0.29, 0.717) is 0 Å². The molecule has 0 aliphatic heterocycles. The zero-order valence-electron chi connectivity index (χ0n) is 5.18. The van der Waals surface area contributed by atoms with Crippen LogP contribution in [0.5, 0.6) is 0 Å². The van der Waals surface area contributed by atoms with Gasteiger partial charge in [0.25, 0.3) is 0 Å². The fourth-order valence-corrected chi connectivity index (χ4v) is 0. The average Bonchev–Trinajstić information content (AvgIpc) is 1.33. The molecule has 0 aliphatic rings. The van der Waals surface area contributed by atoms with Crippen LogP contribution >= 0.6 is 0 Å². The Morgan fingerprint density at radius 2 is 1.43 bits per heavy atom. The first kappa shape index (κ1) is 10.0. The molecule has 0 aromatic heterocycles. The van der Waals surface area contributed by atoms with E-state index in [0.717, 1.165) is 0 Å². The Bertz CT molecular complexity index is 17.3. The monoisotopic (exact) mass is 106 g/mol. The van der Waals surface area contributed by atoms with Crippen LogP contribution in [0.4, 0.5) is 0 Å². The molecule has 0 radical (unpaired) electrons. The lowest BCUT2D eigenvalue weighted by molar-refractivity contribution is 0.216. The van der Waals surface area contributed by atoms with E-state index >= 15 is 0 Å². The Morgan fingerprint density at radius 3 is 1.43 bits per heavy atom. The highest BCUT2D eigenvalue weighted by Gasteiger charge is 1.69. The number of hydrogen-bond donors (Lipinski definition) is 2. The predicted molar refractivity (Wildman–Crippen MR) is 30.1 cm³/mol. The molecular formula is C5H14O2. The van der Waals surface area contributed by atoms with Gasteiger partial charge in [-0.15, -0.1) is 0 Å². The third kappa shape index (κ3) is 14200. The number of hydrogen-bond acceptors (Lipinski definition) is 2. The lowest BCUT2D eigenvalue weighted by Gasteiger charge is -1.80. The predicted octanol–water partition coefficient (Wildman–Crippen LogP) is 0.386. The van der Waals surface area contributed by atoms with E-state index in [2.05, 4.69) is 0 Å². The summed E-state index contributed by atoms with van der Waals surface area (Å²) in [6.45, 7) is 5.38. The first-order valence-corrected chi connectivity index (χ1v) is 2.44. The molecule has 0 fully saturated rings. The fraction of sp³-hybridized carbons (Fsp3) is 1.00. The summed E-state index contributed by atoms with van der Waals surface area (Å²) >= 11 is 0. The van der Waals surface area contributed by atoms with Crippen molar-refractivity contribution >= 4 is 0 Å². The summed E-state index contributed by atoms with van der Waals surface area (Å²) in [5, 5.41) is 15.6. The van der Waals surface area contributed by atoms with Gasteiger partial charge in [0.05, 0.1) is 0 Å². The molecule has 46 valence electrons. The Hall–Kier alpha value is -0.0800. The van der Waals surface area contributed by atoms with E-state index < -0.39 is 0 Å². The van der Waals surface area contributed by atoms with E-state index in [1.165, 1.54) is 0 Å². The molecule has 0 saturated heterocycles. The molecule has 2 heteroatoms. The number of rotatable bonds is 0. The summed E-state index contributed by atoms with van der Waals surface area (Å²) in [4.78, 5) is 0. The Labute approximate surface area is 44.8 Å². The first-order chi connectivity index (χ1) is 3.15. The van der Waals surface area contributed by atoms with Crippen molar-refractivity contribution in [2.45, 2.75) is 26.9 Å². The van der Waals surface area contributed by atoms with Crippen LogP contribution in [0.15, 0.2) is 0 Å². The van der Waals surface area contributed by atoms with Crippen molar-refractivity contribution in [3.63, 3.8) is 0 Å². The summed E-state index contributed by atoms with van der Waals surface area (Å²) < 4.78 is 0. The second kappa shape index (κ2) is 9.33. The van der Waals surface area contributed by atoms with Gasteiger partial charge < -0.3 is 10.2 Å². The van der Waals surface area contributed by atoms with Gasteiger partial charge in [-0.2, -0.15) is 0 Å². The van der Waals surface area contributed by atoms with Crippen molar-refractivity contribution in [1.29, 1.82) is 0 Å². The summed E-state index contributed by atoms with van der Waals surface area (Å²) in [6.07, 6.45) is -0.167. The zero-order valence-corrected chi connectivity index (χ0v) is 5.18. The van der Waals surface area contributed by atoms with E-state index in [1.807, 2.05) is 0 Å². The van der Waals surface area contributed by atoms with Crippen LogP contribution in [-0.4, -0.2) is 22.9 Å². The molecule has 7 heavy (non-hydrogen) atoms. The van der Waals surface area contributed by atoms with Crippen LogP contribution in [0, 0.1) is 0 Å². The quantitative estimate of drug-likeness (QED) is 0.469. The van der Waals surface area contributed by atoms with Gasteiger partial charge in [0.15, 0.2) is 0 Å². The largest absolute Gasteiger partial charge is 0.397 e. The minimum absolute atomic E-state index is 0.167.